The van der Waals surface area contributed by atoms with Crippen molar-refractivity contribution in [1.29, 1.82) is 0 Å². The molecule has 1 amide bonds. The van der Waals surface area contributed by atoms with Gasteiger partial charge in [0.1, 0.15) is 0 Å². The van der Waals surface area contributed by atoms with Crippen molar-refractivity contribution in [3.63, 3.8) is 0 Å². The molecule has 10 heteroatoms. The summed E-state index contributed by atoms with van der Waals surface area (Å²) in [6.07, 6.45) is -0.290. The molecular weight excluding hydrogens is 489 g/mol. The lowest BCUT2D eigenvalue weighted by Crippen LogP contribution is -2.54. The maximum absolute atomic E-state index is 11.9. The van der Waals surface area contributed by atoms with E-state index in [4.69, 9.17) is 4.74 Å². The third-order valence-electron chi connectivity index (χ3n) is 4.21. The number of benzene rings is 1. The molecule has 160 valence electrons. The molecule has 1 aliphatic heterocycles. The second kappa shape index (κ2) is 12.2. The van der Waals surface area contributed by atoms with Crippen LogP contribution in [0.1, 0.15) is 19.4 Å². The normalized spacial score (nSPS) is 14.1. The summed E-state index contributed by atoms with van der Waals surface area (Å²) in [4.78, 5) is 30.6. The van der Waals surface area contributed by atoms with Crippen LogP contribution in [0.15, 0.2) is 41.4 Å². The molecule has 0 unspecified atom stereocenters. The van der Waals surface area contributed by atoms with Crippen LogP contribution in [-0.4, -0.2) is 66.1 Å². The number of non-ortho nitro benzene ring substituents is 1. The Balaban J connectivity index is 0.00000420. The van der Waals surface area contributed by atoms with Gasteiger partial charge in [-0.2, -0.15) is 0 Å². The molecule has 0 bridgehead atoms. The van der Waals surface area contributed by atoms with Crippen molar-refractivity contribution in [2.45, 2.75) is 20.4 Å². The summed E-state index contributed by atoms with van der Waals surface area (Å²) in [5.74, 6) is 0.727. The van der Waals surface area contributed by atoms with E-state index in [9.17, 15) is 14.9 Å². The summed E-state index contributed by atoms with van der Waals surface area (Å²) >= 11 is 0. The molecule has 1 heterocycles. The molecule has 0 atom stereocenters. The maximum atomic E-state index is 11.9. The molecule has 2 rings (SSSR count). The van der Waals surface area contributed by atoms with Crippen molar-refractivity contribution in [2.75, 3.05) is 39.3 Å². The SMILES string of the molecule is C=C(C)CNC(=NCc1ccc([N+](=O)[O-])cc1)N1CCN(C(=O)OCC)CC1.I. The van der Waals surface area contributed by atoms with Gasteiger partial charge >= 0.3 is 6.09 Å². The summed E-state index contributed by atoms with van der Waals surface area (Å²) < 4.78 is 5.05. The Labute approximate surface area is 188 Å². The molecule has 1 aromatic carbocycles. The highest BCUT2D eigenvalue weighted by atomic mass is 127. The molecule has 1 aromatic rings. The van der Waals surface area contributed by atoms with Gasteiger partial charge in [-0.15, -0.1) is 24.0 Å². The average Bonchev–Trinajstić information content (AvgIpc) is 2.68. The summed E-state index contributed by atoms with van der Waals surface area (Å²) in [5.41, 5.74) is 1.92. The van der Waals surface area contributed by atoms with E-state index in [0.29, 0.717) is 45.9 Å². The molecule has 1 aliphatic rings. The van der Waals surface area contributed by atoms with Gasteiger partial charge in [-0.25, -0.2) is 9.79 Å². The van der Waals surface area contributed by atoms with Crippen molar-refractivity contribution >= 4 is 41.7 Å². The van der Waals surface area contributed by atoms with E-state index in [1.807, 2.05) is 6.92 Å². The van der Waals surface area contributed by atoms with Crippen LogP contribution in [0.2, 0.25) is 0 Å². The topological polar surface area (TPSA) is 100 Å². The summed E-state index contributed by atoms with van der Waals surface area (Å²) in [6, 6.07) is 6.36. The smallest absolute Gasteiger partial charge is 0.409 e. The van der Waals surface area contributed by atoms with Gasteiger partial charge in [0.15, 0.2) is 5.96 Å². The fourth-order valence-corrected chi connectivity index (χ4v) is 2.70. The zero-order valence-electron chi connectivity index (χ0n) is 16.8. The van der Waals surface area contributed by atoms with E-state index in [2.05, 4.69) is 21.8 Å². The quantitative estimate of drug-likeness (QED) is 0.156. The maximum Gasteiger partial charge on any atom is 0.409 e. The number of nitro groups is 1. The van der Waals surface area contributed by atoms with Crippen molar-refractivity contribution in [3.05, 3.63) is 52.1 Å². The summed E-state index contributed by atoms with van der Waals surface area (Å²) in [5, 5.41) is 14.1. The molecule has 0 aromatic heterocycles. The van der Waals surface area contributed by atoms with Gasteiger partial charge < -0.3 is 19.9 Å². The Hall–Kier alpha value is -2.37. The Morgan fingerprint density at radius 2 is 1.83 bits per heavy atom. The van der Waals surface area contributed by atoms with E-state index in [1.165, 1.54) is 12.1 Å². The van der Waals surface area contributed by atoms with Crippen LogP contribution in [0.5, 0.6) is 0 Å². The molecule has 9 nitrogen and oxygen atoms in total. The molecule has 1 fully saturated rings. The number of hydrogen-bond acceptors (Lipinski definition) is 5. The number of nitrogens with one attached hydrogen (secondary N) is 1. The van der Waals surface area contributed by atoms with Crippen LogP contribution in [0.3, 0.4) is 0 Å². The molecule has 0 saturated carbocycles. The lowest BCUT2D eigenvalue weighted by atomic mass is 10.2. The number of piperazine rings is 1. The number of halogens is 1. The first-order valence-corrected chi connectivity index (χ1v) is 9.23. The van der Waals surface area contributed by atoms with E-state index >= 15 is 0 Å². The van der Waals surface area contributed by atoms with E-state index in [0.717, 1.165) is 17.1 Å². The highest BCUT2D eigenvalue weighted by Gasteiger charge is 2.23. The third-order valence-corrected chi connectivity index (χ3v) is 4.21. The minimum atomic E-state index is -0.421. The van der Waals surface area contributed by atoms with Crippen LogP contribution in [0.25, 0.3) is 0 Å². The van der Waals surface area contributed by atoms with Gasteiger partial charge in [0, 0.05) is 44.9 Å². The van der Waals surface area contributed by atoms with Gasteiger partial charge in [-0.3, -0.25) is 10.1 Å². The number of nitro benzene ring substituents is 1. The molecule has 1 N–H and O–H groups in total. The lowest BCUT2D eigenvalue weighted by Gasteiger charge is -2.36. The number of amides is 1. The second-order valence-electron chi connectivity index (χ2n) is 6.55. The van der Waals surface area contributed by atoms with E-state index < -0.39 is 4.92 Å². The zero-order valence-corrected chi connectivity index (χ0v) is 19.1. The van der Waals surface area contributed by atoms with Crippen LogP contribution < -0.4 is 5.32 Å². The second-order valence-corrected chi connectivity index (χ2v) is 6.55. The van der Waals surface area contributed by atoms with Gasteiger partial charge in [-0.05, 0) is 19.4 Å². The van der Waals surface area contributed by atoms with Crippen LogP contribution in [-0.2, 0) is 11.3 Å². The Morgan fingerprint density at radius 3 is 2.34 bits per heavy atom. The predicted molar refractivity (Wildman–Crippen MR) is 123 cm³/mol. The monoisotopic (exact) mass is 517 g/mol. The molecule has 29 heavy (non-hydrogen) atoms. The highest BCUT2D eigenvalue weighted by Crippen LogP contribution is 2.13. The number of aliphatic imine (C=N–C) groups is 1. The van der Waals surface area contributed by atoms with Gasteiger partial charge in [0.25, 0.3) is 5.69 Å². The minimum Gasteiger partial charge on any atom is -0.450 e. The first kappa shape index (κ1) is 24.7. The largest absolute Gasteiger partial charge is 0.450 e. The van der Waals surface area contributed by atoms with Crippen molar-refractivity contribution in [1.82, 2.24) is 15.1 Å². The van der Waals surface area contributed by atoms with Crippen LogP contribution in [0, 0.1) is 10.1 Å². The van der Waals surface area contributed by atoms with Crippen molar-refractivity contribution in [3.8, 4) is 0 Å². The number of guanidine groups is 1. The number of carbonyl (C=O) groups excluding carboxylic acids is 1. The molecule has 0 aliphatic carbocycles. The summed E-state index contributed by atoms with van der Waals surface area (Å²) in [6.45, 7) is 11.4. The molecule has 0 radical (unpaired) electrons. The van der Waals surface area contributed by atoms with Gasteiger partial charge in [-0.1, -0.05) is 24.3 Å². The standard InChI is InChI=1S/C19H27N5O4.HI/c1-4-28-19(25)23-11-9-22(10-12-23)18(20-13-15(2)3)21-14-16-5-7-17(8-6-16)24(26)27;/h5-8H,2,4,9-14H2,1,3H3,(H,20,21);1H. The number of ether oxygens (including phenoxy) is 1. The molecule has 1 saturated heterocycles. The Bertz CT molecular complexity index is 731. The fraction of sp³-hybridized carbons (Fsp3) is 0.474. The number of rotatable bonds is 6. The number of carbonyl (C=O) groups is 1. The molecule has 0 spiro atoms. The van der Waals surface area contributed by atoms with E-state index in [-0.39, 0.29) is 35.8 Å². The van der Waals surface area contributed by atoms with Crippen molar-refractivity contribution < 1.29 is 14.5 Å². The summed E-state index contributed by atoms with van der Waals surface area (Å²) in [7, 11) is 0. The molecular formula is C19H28IN5O4. The van der Waals surface area contributed by atoms with Gasteiger partial charge in [0.2, 0.25) is 0 Å². The Kier molecular flexibility index (Phi) is 10.4. The number of nitrogens with zero attached hydrogens (tertiary/aromatic N) is 4. The highest BCUT2D eigenvalue weighted by molar-refractivity contribution is 14.0. The first-order chi connectivity index (χ1) is 13.4. The lowest BCUT2D eigenvalue weighted by molar-refractivity contribution is -0.384. The zero-order chi connectivity index (χ0) is 20.5. The fourth-order valence-electron chi connectivity index (χ4n) is 2.70. The number of hydrogen-bond donors (Lipinski definition) is 1. The van der Waals surface area contributed by atoms with Crippen molar-refractivity contribution in [2.24, 2.45) is 4.99 Å². The third kappa shape index (κ3) is 7.87. The Morgan fingerprint density at radius 1 is 1.24 bits per heavy atom. The average molecular weight is 517 g/mol. The van der Waals surface area contributed by atoms with Crippen LogP contribution in [0.4, 0.5) is 10.5 Å². The minimum absolute atomic E-state index is 0. The van der Waals surface area contributed by atoms with E-state index in [1.54, 1.807) is 24.0 Å². The predicted octanol–water partition coefficient (Wildman–Crippen LogP) is 3.01. The van der Waals surface area contributed by atoms with Gasteiger partial charge in [0.05, 0.1) is 18.1 Å². The van der Waals surface area contributed by atoms with Crippen LogP contribution >= 0.6 is 24.0 Å². The first-order valence-electron chi connectivity index (χ1n) is 9.23.